The Morgan fingerprint density at radius 3 is 1.52 bits per heavy atom. The van der Waals surface area contributed by atoms with E-state index in [9.17, 15) is 9.59 Å². The molecule has 0 spiro atoms. The van der Waals surface area contributed by atoms with Crippen LogP contribution in [0.5, 0.6) is 0 Å². The van der Waals surface area contributed by atoms with Gasteiger partial charge in [-0.15, -0.1) is 0 Å². The summed E-state index contributed by atoms with van der Waals surface area (Å²) in [5.41, 5.74) is 9.73. The Morgan fingerprint density at radius 2 is 1.14 bits per heavy atom. The zero-order chi connectivity index (χ0) is 21.8. The minimum Gasteiger partial charge on any atom is -0.326 e. The molecule has 2 aromatic carbocycles. The van der Waals surface area contributed by atoms with Gasteiger partial charge in [0.05, 0.1) is 12.5 Å². The van der Waals surface area contributed by atoms with Crippen molar-refractivity contribution < 1.29 is 9.59 Å². The van der Waals surface area contributed by atoms with Gasteiger partial charge in [-0.1, -0.05) is 65.8 Å². The molecule has 0 fully saturated rings. The van der Waals surface area contributed by atoms with Crippen molar-refractivity contribution >= 4 is 23.2 Å². The summed E-state index contributed by atoms with van der Waals surface area (Å²) in [6.45, 7) is 12.8. The molecule has 0 aromatic heterocycles. The van der Waals surface area contributed by atoms with E-state index in [-0.39, 0.29) is 29.1 Å². The number of hydrogen-bond acceptors (Lipinski definition) is 3. The number of nitrogens with one attached hydrogen (secondary N) is 2. The van der Waals surface area contributed by atoms with Gasteiger partial charge in [0.15, 0.2) is 0 Å². The van der Waals surface area contributed by atoms with Crippen molar-refractivity contribution in [1.82, 2.24) is 0 Å². The van der Waals surface area contributed by atoms with Crippen LogP contribution in [0.2, 0.25) is 0 Å². The average Bonchev–Trinajstić information content (AvgIpc) is 2.61. The van der Waals surface area contributed by atoms with Crippen molar-refractivity contribution in [3.63, 3.8) is 0 Å². The lowest BCUT2D eigenvalue weighted by molar-refractivity contribution is -0.122. The summed E-state index contributed by atoms with van der Waals surface area (Å²) in [5, 5.41) is 5.57. The number of nitrogens with two attached hydrogens (primary N) is 1. The predicted octanol–water partition coefficient (Wildman–Crippen LogP) is 4.58. The molecule has 5 heteroatoms. The number of hydrogen-bond donors (Lipinski definition) is 3. The van der Waals surface area contributed by atoms with Crippen molar-refractivity contribution in [3.8, 4) is 0 Å². The number of anilines is 2. The molecule has 0 saturated carbocycles. The Balaban J connectivity index is 1.89. The Labute approximate surface area is 174 Å². The molecule has 5 nitrogen and oxygen atoms in total. The summed E-state index contributed by atoms with van der Waals surface area (Å²) >= 11 is 0. The Hall–Kier alpha value is -2.66. The van der Waals surface area contributed by atoms with Crippen LogP contribution in [0.4, 0.5) is 11.4 Å². The van der Waals surface area contributed by atoms with Gasteiger partial charge in [-0.05, 0) is 46.2 Å². The van der Waals surface area contributed by atoms with Crippen LogP contribution in [0.3, 0.4) is 0 Å². The molecule has 2 rings (SSSR count). The average molecular weight is 396 g/mol. The van der Waals surface area contributed by atoms with Gasteiger partial charge in [0.2, 0.25) is 11.8 Å². The van der Waals surface area contributed by atoms with Crippen molar-refractivity contribution in [1.29, 1.82) is 0 Å². The molecular formula is C24H33N3O2. The highest BCUT2D eigenvalue weighted by Crippen LogP contribution is 2.24. The summed E-state index contributed by atoms with van der Waals surface area (Å²) in [6, 6.07) is 14.4. The minimum atomic E-state index is -0.925. The van der Waals surface area contributed by atoms with Crippen LogP contribution >= 0.6 is 0 Å². The zero-order valence-electron chi connectivity index (χ0n) is 18.3. The quantitative estimate of drug-likeness (QED) is 0.693. The first-order chi connectivity index (χ1) is 13.4. The lowest BCUT2D eigenvalue weighted by Crippen LogP contribution is -2.38. The predicted molar refractivity (Wildman–Crippen MR) is 120 cm³/mol. The molecule has 2 aromatic rings. The van der Waals surface area contributed by atoms with E-state index in [2.05, 4.69) is 52.2 Å². The van der Waals surface area contributed by atoms with Gasteiger partial charge in [-0.3, -0.25) is 9.59 Å². The lowest BCUT2D eigenvalue weighted by atomic mass is 9.87. The van der Waals surface area contributed by atoms with Crippen molar-refractivity contribution in [2.75, 3.05) is 10.6 Å². The Kier molecular flexibility index (Phi) is 6.85. The molecule has 0 unspecified atom stereocenters. The molecule has 2 amide bonds. The second kappa shape index (κ2) is 8.78. The zero-order valence-corrected chi connectivity index (χ0v) is 18.3. The maximum atomic E-state index is 12.3. The number of benzene rings is 2. The standard InChI is InChI=1S/C24H33N3O2/c1-23(2,3)16-7-11-18(12-8-16)26-21(28)15-20(25)22(29)27-19-13-9-17(10-14-19)24(4,5)6/h7-14,20H,15,25H2,1-6H3,(H,26,28)(H,27,29)/t20-/m0/s1. The van der Waals surface area contributed by atoms with Gasteiger partial charge in [0.1, 0.15) is 0 Å². The summed E-state index contributed by atoms with van der Waals surface area (Å²) < 4.78 is 0. The van der Waals surface area contributed by atoms with Crippen molar-refractivity contribution in [3.05, 3.63) is 59.7 Å². The normalized spacial score (nSPS) is 12.9. The highest BCUT2D eigenvalue weighted by Gasteiger charge is 2.19. The second-order valence-corrected chi connectivity index (χ2v) is 9.50. The molecule has 156 valence electrons. The second-order valence-electron chi connectivity index (χ2n) is 9.50. The van der Waals surface area contributed by atoms with E-state index in [1.54, 1.807) is 0 Å². The third-order valence-corrected chi connectivity index (χ3v) is 4.80. The molecule has 0 bridgehead atoms. The molecule has 0 radical (unpaired) electrons. The number of rotatable bonds is 5. The van der Waals surface area contributed by atoms with Crippen LogP contribution in [-0.2, 0) is 20.4 Å². The molecule has 0 aliphatic carbocycles. The van der Waals surface area contributed by atoms with Crippen LogP contribution in [0.15, 0.2) is 48.5 Å². The van der Waals surface area contributed by atoms with Gasteiger partial charge in [-0.25, -0.2) is 0 Å². The first-order valence-electron chi connectivity index (χ1n) is 9.93. The SMILES string of the molecule is CC(C)(C)c1ccc(NC(=O)C[C@H](N)C(=O)Nc2ccc(C(C)(C)C)cc2)cc1. The summed E-state index contributed by atoms with van der Waals surface area (Å²) in [4.78, 5) is 24.6. The highest BCUT2D eigenvalue weighted by atomic mass is 16.2. The van der Waals surface area contributed by atoms with Gasteiger partial charge in [0, 0.05) is 11.4 Å². The van der Waals surface area contributed by atoms with Gasteiger partial charge < -0.3 is 16.4 Å². The topological polar surface area (TPSA) is 84.2 Å². The highest BCUT2D eigenvalue weighted by molar-refractivity contribution is 6.00. The maximum absolute atomic E-state index is 12.3. The van der Waals surface area contributed by atoms with Crippen LogP contribution in [-0.4, -0.2) is 17.9 Å². The van der Waals surface area contributed by atoms with E-state index < -0.39 is 6.04 Å². The van der Waals surface area contributed by atoms with Crippen LogP contribution in [0.1, 0.15) is 59.1 Å². The Bertz CT molecular complexity index is 842. The van der Waals surface area contributed by atoms with Crippen molar-refractivity contribution in [2.24, 2.45) is 5.73 Å². The van der Waals surface area contributed by atoms with Crippen molar-refractivity contribution in [2.45, 2.75) is 64.8 Å². The lowest BCUT2D eigenvalue weighted by Gasteiger charge is -2.20. The van der Waals surface area contributed by atoms with Crippen LogP contribution in [0, 0.1) is 0 Å². The fourth-order valence-corrected chi connectivity index (χ4v) is 2.85. The first kappa shape index (κ1) is 22.6. The Morgan fingerprint density at radius 1 is 0.759 bits per heavy atom. The van der Waals surface area contributed by atoms with E-state index in [1.807, 2.05) is 48.5 Å². The molecule has 0 aliphatic rings. The van der Waals surface area contributed by atoms with E-state index in [4.69, 9.17) is 5.73 Å². The van der Waals surface area contributed by atoms with E-state index in [0.29, 0.717) is 11.4 Å². The number of amides is 2. The number of carbonyl (C=O) groups is 2. The van der Waals surface area contributed by atoms with Gasteiger partial charge >= 0.3 is 0 Å². The fourth-order valence-electron chi connectivity index (χ4n) is 2.85. The first-order valence-corrected chi connectivity index (χ1v) is 9.93. The summed E-state index contributed by atoms with van der Waals surface area (Å²) in [6.07, 6.45) is -0.0903. The smallest absolute Gasteiger partial charge is 0.241 e. The molecule has 0 heterocycles. The molecule has 29 heavy (non-hydrogen) atoms. The largest absolute Gasteiger partial charge is 0.326 e. The summed E-state index contributed by atoms with van der Waals surface area (Å²) in [7, 11) is 0. The molecule has 0 saturated heterocycles. The van der Waals surface area contributed by atoms with Crippen LogP contribution < -0.4 is 16.4 Å². The van der Waals surface area contributed by atoms with E-state index in [0.717, 1.165) is 0 Å². The third-order valence-electron chi connectivity index (χ3n) is 4.80. The molecule has 0 aliphatic heterocycles. The maximum Gasteiger partial charge on any atom is 0.241 e. The minimum absolute atomic E-state index is 0.0438. The molecule has 4 N–H and O–H groups in total. The number of carbonyl (C=O) groups excluding carboxylic acids is 2. The fraction of sp³-hybridized carbons (Fsp3) is 0.417. The molecular weight excluding hydrogens is 362 g/mol. The van der Waals surface area contributed by atoms with Gasteiger partial charge in [0.25, 0.3) is 0 Å². The third kappa shape index (κ3) is 6.71. The summed E-state index contributed by atoms with van der Waals surface area (Å²) in [5.74, 6) is -0.675. The monoisotopic (exact) mass is 395 g/mol. The molecule has 1 atom stereocenters. The van der Waals surface area contributed by atoms with Gasteiger partial charge in [-0.2, -0.15) is 0 Å². The van der Waals surface area contributed by atoms with E-state index in [1.165, 1.54) is 11.1 Å². The van der Waals surface area contributed by atoms with E-state index >= 15 is 0 Å². The van der Waals surface area contributed by atoms with Crippen LogP contribution in [0.25, 0.3) is 0 Å².